The van der Waals surface area contributed by atoms with Gasteiger partial charge >= 0.3 is 23.7 Å². The summed E-state index contributed by atoms with van der Waals surface area (Å²) in [5.74, 6) is -9.49. The number of ether oxygens (including phenoxy) is 5. The highest BCUT2D eigenvalue weighted by atomic mass is 19.3. The van der Waals surface area contributed by atoms with E-state index in [1.165, 1.54) is 0 Å². The fourth-order valence-electron chi connectivity index (χ4n) is 1.43. The molecule has 0 aromatic heterocycles. The van der Waals surface area contributed by atoms with Crippen molar-refractivity contribution in [2.24, 2.45) is 0 Å². The van der Waals surface area contributed by atoms with E-state index >= 15 is 0 Å². The molecular formula is C11H14F2O8. The van der Waals surface area contributed by atoms with E-state index in [9.17, 15) is 23.2 Å². The van der Waals surface area contributed by atoms with Crippen LogP contribution in [0.15, 0.2) is 0 Å². The number of methoxy groups -OCH3 is 2. The molecule has 0 aromatic carbocycles. The SMILES string of the molecule is COC(=O)C1(C(=O)OC)OCC(C(=O)OCC(C)(F)F)O1. The summed E-state index contributed by atoms with van der Waals surface area (Å²) in [7, 11) is 1.92. The molecule has 0 aliphatic carbocycles. The molecule has 0 radical (unpaired) electrons. The first-order valence-electron chi connectivity index (χ1n) is 5.69. The van der Waals surface area contributed by atoms with Gasteiger partial charge in [0, 0.05) is 6.92 Å². The summed E-state index contributed by atoms with van der Waals surface area (Å²) in [6.07, 6.45) is -1.54. The molecule has 10 heteroatoms. The minimum atomic E-state index is -3.23. The molecule has 0 bridgehead atoms. The fraction of sp³-hybridized carbons (Fsp3) is 0.727. The van der Waals surface area contributed by atoms with Gasteiger partial charge in [0.2, 0.25) is 0 Å². The maximum Gasteiger partial charge on any atom is 0.379 e. The third kappa shape index (κ3) is 3.85. The quantitative estimate of drug-likeness (QED) is 0.386. The summed E-state index contributed by atoms with van der Waals surface area (Å²) >= 11 is 0. The van der Waals surface area contributed by atoms with Crippen LogP contribution < -0.4 is 0 Å². The van der Waals surface area contributed by atoms with E-state index in [-0.39, 0.29) is 0 Å². The Labute approximate surface area is 118 Å². The van der Waals surface area contributed by atoms with E-state index in [4.69, 9.17) is 9.47 Å². The van der Waals surface area contributed by atoms with Crippen molar-refractivity contribution in [3.8, 4) is 0 Å². The minimum Gasteiger partial charge on any atom is -0.465 e. The molecule has 0 spiro atoms. The average Bonchev–Trinajstić information content (AvgIpc) is 2.88. The molecule has 0 amide bonds. The second-order valence-corrected chi connectivity index (χ2v) is 4.20. The first kappa shape index (κ1) is 17.2. The van der Waals surface area contributed by atoms with Gasteiger partial charge in [0.1, 0.15) is 0 Å². The van der Waals surface area contributed by atoms with Crippen LogP contribution in [0.5, 0.6) is 0 Å². The Hall–Kier alpha value is -1.81. The number of alkyl halides is 2. The van der Waals surface area contributed by atoms with E-state index in [1.807, 2.05) is 0 Å². The van der Waals surface area contributed by atoms with Crippen LogP contribution in [0.25, 0.3) is 0 Å². The van der Waals surface area contributed by atoms with Crippen LogP contribution in [0.4, 0.5) is 8.78 Å². The second kappa shape index (κ2) is 6.31. The molecule has 8 nitrogen and oxygen atoms in total. The van der Waals surface area contributed by atoms with Gasteiger partial charge in [0.15, 0.2) is 12.7 Å². The van der Waals surface area contributed by atoms with Crippen LogP contribution in [0.2, 0.25) is 0 Å². The van der Waals surface area contributed by atoms with Gasteiger partial charge in [-0.15, -0.1) is 0 Å². The smallest absolute Gasteiger partial charge is 0.379 e. The second-order valence-electron chi connectivity index (χ2n) is 4.20. The monoisotopic (exact) mass is 312 g/mol. The van der Waals surface area contributed by atoms with Crippen molar-refractivity contribution in [2.75, 3.05) is 27.4 Å². The molecule has 1 saturated heterocycles. The van der Waals surface area contributed by atoms with E-state index in [0.29, 0.717) is 6.92 Å². The van der Waals surface area contributed by atoms with E-state index in [1.54, 1.807) is 0 Å². The van der Waals surface area contributed by atoms with Gasteiger partial charge < -0.3 is 23.7 Å². The summed E-state index contributed by atoms with van der Waals surface area (Å²) in [6.45, 7) is -1.17. The van der Waals surface area contributed by atoms with E-state index in [0.717, 1.165) is 14.2 Å². The predicted molar refractivity (Wildman–Crippen MR) is 59.2 cm³/mol. The molecule has 120 valence electrons. The summed E-state index contributed by atoms with van der Waals surface area (Å²) in [5.41, 5.74) is 0. The van der Waals surface area contributed by atoms with Crippen molar-refractivity contribution in [2.45, 2.75) is 24.7 Å². The Morgan fingerprint density at radius 3 is 2.19 bits per heavy atom. The highest BCUT2D eigenvalue weighted by Gasteiger charge is 2.59. The molecule has 0 saturated carbocycles. The molecule has 1 aliphatic rings. The molecule has 0 aromatic rings. The summed E-state index contributed by atoms with van der Waals surface area (Å²) in [5, 5.41) is 0. The summed E-state index contributed by atoms with van der Waals surface area (Å²) < 4.78 is 47.9. The van der Waals surface area contributed by atoms with Crippen LogP contribution in [-0.2, 0) is 38.1 Å². The Bertz CT molecular complexity index is 414. The first-order valence-corrected chi connectivity index (χ1v) is 5.69. The molecule has 1 fully saturated rings. The van der Waals surface area contributed by atoms with Gasteiger partial charge in [-0.3, -0.25) is 0 Å². The van der Waals surface area contributed by atoms with Crippen LogP contribution in [0.3, 0.4) is 0 Å². The largest absolute Gasteiger partial charge is 0.465 e. The highest BCUT2D eigenvalue weighted by molar-refractivity contribution is 6.02. The molecule has 1 aliphatic heterocycles. The van der Waals surface area contributed by atoms with Crippen molar-refractivity contribution in [3.63, 3.8) is 0 Å². The maximum absolute atomic E-state index is 12.6. The Morgan fingerprint density at radius 2 is 1.76 bits per heavy atom. The normalized spacial score (nSPS) is 20.7. The van der Waals surface area contributed by atoms with E-state index in [2.05, 4.69) is 14.2 Å². The standard InChI is InChI=1S/C11H14F2O8/c1-10(12,13)5-19-7(14)6-4-20-11(21-6,8(15)17-2)9(16)18-3/h6H,4-5H2,1-3H3. The van der Waals surface area contributed by atoms with Crippen molar-refractivity contribution >= 4 is 17.9 Å². The predicted octanol–water partition coefficient (Wildman–Crippen LogP) is -0.358. The lowest BCUT2D eigenvalue weighted by Gasteiger charge is -2.21. The zero-order valence-electron chi connectivity index (χ0n) is 11.5. The number of carbonyl (C=O) groups excluding carboxylic acids is 3. The van der Waals surface area contributed by atoms with Crippen molar-refractivity contribution in [1.29, 1.82) is 0 Å². The summed E-state index contributed by atoms with van der Waals surface area (Å²) in [4.78, 5) is 34.7. The summed E-state index contributed by atoms with van der Waals surface area (Å²) in [6, 6.07) is 0. The van der Waals surface area contributed by atoms with Crippen molar-refractivity contribution in [1.82, 2.24) is 0 Å². The number of esters is 3. The zero-order valence-corrected chi connectivity index (χ0v) is 11.5. The topological polar surface area (TPSA) is 97.4 Å². The minimum absolute atomic E-state index is 0.555. The number of rotatable bonds is 5. The van der Waals surface area contributed by atoms with Crippen molar-refractivity contribution < 1.29 is 46.8 Å². The number of halogens is 2. The molecule has 21 heavy (non-hydrogen) atoms. The lowest BCUT2D eigenvalue weighted by atomic mass is 10.3. The van der Waals surface area contributed by atoms with Gasteiger partial charge in [-0.05, 0) is 0 Å². The number of hydrogen-bond donors (Lipinski definition) is 0. The van der Waals surface area contributed by atoms with Crippen LogP contribution >= 0.6 is 0 Å². The highest BCUT2D eigenvalue weighted by Crippen LogP contribution is 2.27. The van der Waals surface area contributed by atoms with Crippen molar-refractivity contribution in [3.05, 3.63) is 0 Å². The van der Waals surface area contributed by atoms with Gasteiger partial charge in [0.05, 0.1) is 20.8 Å². The Morgan fingerprint density at radius 1 is 1.24 bits per heavy atom. The molecule has 1 atom stereocenters. The average molecular weight is 312 g/mol. The molecular weight excluding hydrogens is 298 g/mol. The van der Waals surface area contributed by atoms with Gasteiger partial charge in [0.25, 0.3) is 5.92 Å². The number of hydrogen-bond acceptors (Lipinski definition) is 8. The van der Waals surface area contributed by atoms with Gasteiger partial charge in [-0.25, -0.2) is 23.2 Å². The molecule has 1 rings (SSSR count). The van der Waals surface area contributed by atoms with Crippen LogP contribution in [0.1, 0.15) is 6.92 Å². The Balaban J connectivity index is 2.77. The molecule has 1 unspecified atom stereocenters. The zero-order chi connectivity index (χ0) is 16.3. The maximum atomic E-state index is 12.6. The molecule has 0 N–H and O–H groups in total. The molecule has 1 heterocycles. The first-order chi connectivity index (χ1) is 9.66. The Kier molecular flexibility index (Phi) is 5.18. The van der Waals surface area contributed by atoms with E-state index < -0.39 is 48.9 Å². The van der Waals surface area contributed by atoms with Gasteiger partial charge in [-0.1, -0.05) is 0 Å². The van der Waals surface area contributed by atoms with Crippen LogP contribution in [0, 0.1) is 0 Å². The lowest BCUT2D eigenvalue weighted by Crippen LogP contribution is -2.50. The third-order valence-electron chi connectivity index (χ3n) is 2.39. The van der Waals surface area contributed by atoms with Gasteiger partial charge in [-0.2, -0.15) is 0 Å². The fourth-order valence-corrected chi connectivity index (χ4v) is 1.43. The van der Waals surface area contributed by atoms with Crippen LogP contribution in [-0.4, -0.2) is 63.2 Å². The lowest BCUT2D eigenvalue weighted by molar-refractivity contribution is -0.223. The third-order valence-corrected chi connectivity index (χ3v) is 2.39. The number of carbonyl (C=O) groups is 3.